The summed E-state index contributed by atoms with van der Waals surface area (Å²) < 4.78 is 37.3. The first-order chi connectivity index (χ1) is 8.79. The lowest BCUT2D eigenvalue weighted by atomic mass is 9.82. The molecule has 0 aromatic heterocycles. The summed E-state index contributed by atoms with van der Waals surface area (Å²) in [7, 11) is 0. The second-order valence-corrected chi connectivity index (χ2v) is 5.70. The smallest absolute Gasteiger partial charge is 0.316 e. The van der Waals surface area contributed by atoms with Crippen LogP contribution in [-0.2, 0) is 6.18 Å². The Kier molecular flexibility index (Phi) is 3.72. The molecule has 0 saturated carbocycles. The molecule has 1 aromatic carbocycles. The molecule has 0 spiro atoms. The molecule has 0 radical (unpaired) electrons. The van der Waals surface area contributed by atoms with E-state index in [4.69, 9.17) is 0 Å². The minimum Gasteiger partial charge on any atom is -0.316 e. The van der Waals surface area contributed by atoms with E-state index in [0.717, 1.165) is 30.8 Å². The van der Waals surface area contributed by atoms with Gasteiger partial charge in [0.1, 0.15) is 0 Å². The molecule has 4 heteroatoms. The summed E-state index contributed by atoms with van der Waals surface area (Å²) in [5.74, 6) is 0.412. The van der Waals surface area contributed by atoms with E-state index in [-0.39, 0.29) is 5.41 Å². The second-order valence-electron chi connectivity index (χ2n) is 5.70. The van der Waals surface area contributed by atoms with Crippen LogP contribution in [0.2, 0.25) is 0 Å². The van der Waals surface area contributed by atoms with E-state index in [1.165, 1.54) is 12.1 Å². The Bertz CT molecular complexity index is 457. The highest BCUT2D eigenvalue weighted by Crippen LogP contribution is 2.32. The zero-order chi connectivity index (χ0) is 14.1. The first-order valence-electron chi connectivity index (χ1n) is 6.35. The lowest BCUT2D eigenvalue weighted by Gasteiger charge is -2.22. The number of hydrogen-bond acceptors (Lipinski definition) is 1. The van der Waals surface area contributed by atoms with E-state index in [0.29, 0.717) is 5.92 Å². The standard InChI is InChI=1S/C15H18F3N/c1-14(2)10-19-9-13(14)8-5-11-3-6-12(7-4-11)15(16,17)18/h3-8,13,19H,9-10H2,1-2H3/b8-5+. The first kappa shape index (κ1) is 14.1. The number of nitrogens with one attached hydrogen (secondary N) is 1. The SMILES string of the molecule is CC1(C)CNCC1/C=C/c1ccc(C(F)(F)F)cc1. The van der Waals surface area contributed by atoms with Crippen molar-refractivity contribution in [1.29, 1.82) is 0 Å². The number of halogens is 3. The van der Waals surface area contributed by atoms with Gasteiger partial charge >= 0.3 is 6.18 Å². The van der Waals surface area contributed by atoms with Crippen LogP contribution < -0.4 is 5.32 Å². The molecule has 0 bridgehead atoms. The van der Waals surface area contributed by atoms with Crippen LogP contribution in [0.25, 0.3) is 6.08 Å². The van der Waals surface area contributed by atoms with E-state index in [1.54, 1.807) is 0 Å². The largest absolute Gasteiger partial charge is 0.416 e. The van der Waals surface area contributed by atoms with E-state index in [9.17, 15) is 13.2 Å². The molecule has 1 aliphatic heterocycles. The maximum atomic E-state index is 12.4. The van der Waals surface area contributed by atoms with Gasteiger partial charge in [0.15, 0.2) is 0 Å². The van der Waals surface area contributed by atoms with Crippen LogP contribution in [0.4, 0.5) is 13.2 Å². The Morgan fingerprint density at radius 2 is 1.84 bits per heavy atom. The van der Waals surface area contributed by atoms with Crippen LogP contribution in [0, 0.1) is 11.3 Å². The first-order valence-corrected chi connectivity index (χ1v) is 6.35. The molecule has 1 nitrogen and oxygen atoms in total. The van der Waals surface area contributed by atoms with Crippen molar-refractivity contribution in [2.24, 2.45) is 11.3 Å². The fraction of sp³-hybridized carbons (Fsp3) is 0.467. The molecule has 1 aliphatic rings. The summed E-state index contributed by atoms with van der Waals surface area (Å²) in [6.07, 6.45) is -0.276. The van der Waals surface area contributed by atoms with Crippen molar-refractivity contribution in [1.82, 2.24) is 5.32 Å². The predicted octanol–water partition coefficient (Wildman–Crippen LogP) is 3.96. The molecule has 104 valence electrons. The average Bonchev–Trinajstić information content (AvgIpc) is 2.65. The van der Waals surface area contributed by atoms with Crippen LogP contribution in [0.5, 0.6) is 0 Å². The monoisotopic (exact) mass is 269 g/mol. The van der Waals surface area contributed by atoms with Crippen molar-refractivity contribution in [3.63, 3.8) is 0 Å². The summed E-state index contributed by atoms with van der Waals surface area (Å²) in [6, 6.07) is 5.26. The summed E-state index contributed by atoms with van der Waals surface area (Å²) in [5, 5.41) is 3.33. The van der Waals surface area contributed by atoms with Crippen molar-refractivity contribution in [3.8, 4) is 0 Å². The van der Waals surface area contributed by atoms with Crippen LogP contribution in [0.15, 0.2) is 30.3 Å². The van der Waals surface area contributed by atoms with Gasteiger partial charge in [0.2, 0.25) is 0 Å². The van der Waals surface area contributed by atoms with Gasteiger partial charge in [-0.15, -0.1) is 0 Å². The molecule has 1 N–H and O–H groups in total. The molecule has 2 rings (SSSR count). The van der Waals surface area contributed by atoms with Crippen molar-refractivity contribution >= 4 is 6.08 Å². The minimum absolute atomic E-state index is 0.197. The lowest BCUT2D eigenvalue weighted by Crippen LogP contribution is -2.20. The van der Waals surface area contributed by atoms with Gasteiger partial charge in [-0.3, -0.25) is 0 Å². The molecular weight excluding hydrogens is 251 g/mol. The molecule has 1 unspecified atom stereocenters. The third-order valence-electron chi connectivity index (χ3n) is 3.71. The van der Waals surface area contributed by atoms with E-state index in [1.807, 2.05) is 6.08 Å². The molecule has 1 atom stereocenters. The summed E-state index contributed by atoms with van der Waals surface area (Å²) in [4.78, 5) is 0. The van der Waals surface area contributed by atoms with Crippen LogP contribution >= 0.6 is 0 Å². The number of rotatable bonds is 2. The molecule has 1 saturated heterocycles. The lowest BCUT2D eigenvalue weighted by molar-refractivity contribution is -0.137. The van der Waals surface area contributed by atoms with E-state index < -0.39 is 11.7 Å². The minimum atomic E-state index is -4.26. The highest BCUT2D eigenvalue weighted by Gasteiger charge is 2.32. The van der Waals surface area contributed by atoms with Crippen molar-refractivity contribution in [2.75, 3.05) is 13.1 Å². The predicted molar refractivity (Wildman–Crippen MR) is 70.6 cm³/mol. The Balaban J connectivity index is 2.08. The fourth-order valence-electron chi connectivity index (χ4n) is 2.30. The Morgan fingerprint density at radius 1 is 1.21 bits per heavy atom. The zero-order valence-electron chi connectivity index (χ0n) is 11.1. The highest BCUT2D eigenvalue weighted by molar-refractivity contribution is 5.50. The number of benzene rings is 1. The van der Waals surface area contributed by atoms with Crippen LogP contribution in [0.3, 0.4) is 0 Å². The van der Waals surface area contributed by atoms with Gasteiger partial charge in [0.25, 0.3) is 0 Å². The van der Waals surface area contributed by atoms with Gasteiger partial charge in [-0.2, -0.15) is 13.2 Å². The summed E-state index contributed by atoms with van der Waals surface area (Å²) in [6.45, 7) is 6.27. The Hall–Kier alpha value is -1.29. The second kappa shape index (κ2) is 5.00. The topological polar surface area (TPSA) is 12.0 Å². The van der Waals surface area contributed by atoms with Gasteiger partial charge < -0.3 is 5.32 Å². The van der Waals surface area contributed by atoms with Crippen molar-refractivity contribution in [3.05, 3.63) is 41.5 Å². The third-order valence-corrected chi connectivity index (χ3v) is 3.71. The zero-order valence-corrected chi connectivity index (χ0v) is 11.1. The van der Waals surface area contributed by atoms with Gasteiger partial charge in [0.05, 0.1) is 5.56 Å². The molecule has 1 fully saturated rings. The summed E-state index contributed by atoms with van der Waals surface area (Å²) >= 11 is 0. The van der Waals surface area contributed by atoms with Gasteiger partial charge in [-0.25, -0.2) is 0 Å². The Labute approximate surface area is 111 Å². The van der Waals surface area contributed by atoms with E-state index in [2.05, 4.69) is 25.2 Å². The van der Waals surface area contributed by atoms with Crippen molar-refractivity contribution in [2.45, 2.75) is 20.0 Å². The molecular formula is C15H18F3N. The van der Waals surface area contributed by atoms with Gasteiger partial charge in [-0.1, -0.05) is 38.1 Å². The van der Waals surface area contributed by atoms with Crippen molar-refractivity contribution < 1.29 is 13.2 Å². The number of alkyl halides is 3. The molecule has 1 aromatic rings. The van der Waals surface area contributed by atoms with Crippen LogP contribution in [-0.4, -0.2) is 13.1 Å². The maximum absolute atomic E-state index is 12.4. The van der Waals surface area contributed by atoms with Gasteiger partial charge in [-0.05, 0) is 29.0 Å². The normalized spacial score (nSPS) is 23.1. The quantitative estimate of drug-likeness (QED) is 0.856. The molecule has 0 amide bonds. The molecule has 1 heterocycles. The highest BCUT2D eigenvalue weighted by atomic mass is 19.4. The molecule has 19 heavy (non-hydrogen) atoms. The summed E-state index contributed by atoms with van der Waals surface area (Å²) in [5.41, 5.74) is 0.394. The van der Waals surface area contributed by atoms with E-state index >= 15 is 0 Å². The van der Waals surface area contributed by atoms with Gasteiger partial charge in [0, 0.05) is 13.1 Å². The average molecular weight is 269 g/mol. The maximum Gasteiger partial charge on any atom is 0.416 e. The molecule has 0 aliphatic carbocycles. The third kappa shape index (κ3) is 3.38. The number of hydrogen-bond donors (Lipinski definition) is 1. The fourth-order valence-corrected chi connectivity index (χ4v) is 2.30. The Morgan fingerprint density at radius 3 is 2.32 bits per heavy atom. The van der Waals surface area contributed by atoms with Crippen LogP contribution in [0.1, 0.15) is 25.0 Å².